The van der Waals surface area contributed by atoms with Gasteiger partial charge in [-0.05, 0) is 81.4 Å². The van der Waals surface area contributed by atoms with E-state index >= 15 is 0 Å². The van der Waals surface area contributed by atoms with Crippen molar-refractivity contribution in [1.82, 2.24) is 8.87 Å². The van der Waals surface area contributed by atoms with Gasteiger partial charge >= 0.3 is 0 Å². The van der Waals surface area contributed by atoms with E-state index in [4.69, 9.17) is 4.74 Å². The maximum Gasteiger partial charge on any atom is 0.268 e. The van der Waals surface area contributed by atoms with E-state index in [1.54, 1.807) is 19.2 Å². The van der Waals surface area contributed by atoms with E-state index in [0.29, 0.717) is 23.7 Å². The van der Waals surface area contributed by atoms with Crippen molar-refractivity contribution in [3.63, 3.8) is 0 Å². The second-order valence-electron chi connectivity index (χ2n) is 7.39. The fourth-order valence-electron chi connectivity index (χ4n) is 4.03. The Morgan fingerprint density at radius 2 is 1.86 bits per heavy atom. The lowest BCUT2D eigenvalue weighted by Gasteiger charge is -2.29. The first-order valence-corrected chi connectivity index (χ1v) is 10.6. The summed E-state index contributed by atoms with van der Waals surface area (Å²) in [4.78, 5) is 2.26. The van der Waals surface area contributed by atoms with Gasteiger partial charge in [-0.1, -0.05) is 0 Å². The fourth-order valence-corrected chi connectivity index (χ4v) is 5.63. The Morgan fingerprint density at radius 1 is 1.14 bits per heavy atom. The Hall–Kier alpha value is -2.38. The highest BCUT2D eigenvalue weighted by atomic mass is 32.2. The van der Waals surface area contributed by atoms with Crippen molar-refractivity contribution >= 4 is 20.9 Å². The minimum absolute atomic E-state index is 0.0825. The number of methoxy groups -OCH3 is 1. The second kappa shape index (κ2) is 6.90. The van der Waals surface area contributed by atoms with Crippen LogP contribution in [-0.4, -0.2) is 44.5 Å². The molecule has 0 bridgehead atoms. The SMILES string of the molecule is COc1ccc2c(c1)c1c(n2S(=O)(=O)c2ccc(F)cc2)CCC(N(C)C)C1. The smallest absolute Gasteiger partial charge is 0.268 e. The largest absolute Gasteiger partial charge is 0.497 e. The molecule has 0 radical (unpaired) electrons. The van der Waals surface area contributed by atoms with E-state index in [9.17, 15) is 12.8 Å². The first-order valence-electron chi connectivity index (χ1n) is 9.20. The van der Waals surface area contributed by atoms with Gasteiger partial charge in [0.2, 0.25) is 0 Å². The topological polar surface area (TPSA) is 51.5 Å². The Morgan fingerprint density at radius 3 is 2.50 bits per heavy atom. The summed E-state index contributed by atoms with van der Waals surface area (Å²) in [6, 6.07) is 10.8. The number of rotatable bonds is 4. The predicted octanol–water partition coefficient (Wildman–Crippen LogP) is 3.44. The molecule has 5 nitrogen and oxygen atoms in total. The highest BCUT2D eigenvalue weighted by Crippen LogP contribution is 2.37. The Bertz CT molecular complexity index is 1130. The molecule has 0 aliphatic heterocycles. The summed E-state index contributed by atoms with van der Waals surface area (Å²) in [5.41, 5.74) is 2.49. The zero-order valence-corrected chi connectivity index (χ0v) is 17.0. The molecule has 1 atom stereocenters. The third-order valence-corrected chi connectivity index (χ3v) is 7.34. The molecule has 1 aromatic heterocycles. The molecule has 0 spiro atoms. The lowest BCUT2D eigenvalue weighted by Crippen LogP contribution is -2.34. The lowest BCUT2D eigenvalue weighted by molar-refractivity contribution is 0.267. The van der Waals surface area contributed by atoms with E-state index in [1.165, 1.54) is 28.2 Å². The third-order valence-electron chi connectivity index (χ3n) is 5.58. The lowest BCUT2D eigenvalue weighted by atomic mass is 9.91. The molecule has 1 aliphatic rings. The molecule has 1 aliphatic carbocycles. The van der Waals surface area contributed by atoms with Crippen LogP contribution in [0.4, 0.5) is 4.39 Å². The summed E-state index contributed by atoms with van der Waals surface area (Å²) in [5, 5.41) is 0.895. The van der Waals surface area contributed by atoms with Crippen molar-refractivity contribution in [2.45, 2.75) is 30.2 Å². The Kier molecular flexibility index (Phi) is 4.67. The van der Waals surface area contributed by atoms with Crippen molar-refractivity contribution < 1.29 is 17.5 Å². The molecule has 1 heterocycles. The van der Waals surface area contributed by atoms with E-state index in [0.717, 1.165) is 29.5 Å². The zero-order chi connectivity index (χ0) is 20.1. The van der Waals surface area contributed by atoms with Gasteiger partial charge in [0.05, 0.1) is 17.5 Å². The summed E-state index contributed by atoms with van der Waals surface area (Å²) in [6.45, 7) is 0. The number of fused-ring (bicyclic) bond motifs is 3. The molecule has 0 saturated heterocycles. The molecule has 0 saturated carbocycles. The van der Waals surface area contributed by atoms with Crippen molar-refractivity contribution in [3.05, 3.63) is 59.5 Å². The number of nitrogens with zero attached hydrogens (tertiary/aromatic N) is 2. The monoisotopic (exact) mass is 402 g/mol. The number of benzene rings is 2. The summed E-state index contributed by atoms with van der Waals surface area (Å²) >= 11 is 0. The maximum absolute atomic E-state index is 13.5. The Balaban J connectivity index is 1.98. The molecule has 7 heteroatoms. The maximum atomic E-state index is 13.5. The average molecular weight is 402 g/mol. The van der Waals surface area contributed by atoms with Crippen LogP contribution in [0.3, 0.4) is 0 Å². The van der Waals surface area contributed by atoms with Crippen LogP contribution in [0.15, 0.2) is 47.4 Å². The van der Waals surface area contributed by atoms with Gasteiger partial charge in [-0.15, -0.1) is 0 Å². The van der Waals surface area contributed by atoms with Gasteiger partial charge in [0, 0.05) is 17.1 Å². The normalized spacial score (nSPS) is 17.1. The number of aromatic nitrogens is 1. The zero-order valence-electron chi connectivity index (χ0n) is 16.1. The highest BCUT2D eigenvalue weighted by molar-refractivity contribution is 7.90. The third kappa shape index (κ3) is 2.99. The molecule has 4 rings (SSSR count). The van der Waals surface area contributed by atoms with Gasteiger partial charge in [0.25, 0.3) is 10.0 Å². The van der Waals surface area contributed by atoms with Crippen molar-refractivity contribution in [3.8, 4) is 5.75 Å². The molecule has 3 aromatic rings. The van der Waals surface area contributed by atoms with Crippen LogP contribution in [0.2, 0.25) is 0 Å². The van der Waals surface area contributed by atoms with Crippen LogP contribution in [0.5, 0.6) is 5.75 Å². The van der Waals surface area contributed by atoms with E-state index in [-0.39, 0.29) is 4.90 Å². The van der Waals surface area contributed by atoms with Gasteiger partial charge in [-0.25, -0.2) is 16.8 Å². The van der Waals surface area contributed by atoms with Crippen LogP contribution >= 0.6 is 0 Å². The minimum Gasteiger partial charge on any atom is -0.497 e. The molecule has 2 aromatic carbocycles. The standard InChI is InChI=1S/C21H23FN2O3S/c1-23(2)15-6-10-20-18(12-15)19-13-16(27-3)7-11-21(19)24(20)28(25,26)17-8-4-14(22)5-9-17/h4-5,7-9,11,13,15H,6,10,12H2,1-3H3. The molecule has 0 fully saturated rings. The number of halogens is 1. The molecule has 28 heavy (non-hydrogen) atoms. The van der Waals surface area contributed by atoms with E-state index < -0.39 is 15.8 Å². The molecule has 0 N–H and O–H groups in total. The fraction of sp³-hybridized carbons (Fsp3) is 0.333. The van der Waals surface area contributed by atoms with Gasteiger partial charge in [-0.3, -0.25) is 0 Å². The van der Waals surface area contributed by atoms with Crippen LogP contribution in [-0.2, 0) is 22.9 Å². The van der Waals surface area contributed by atoms with Gasteiger partial charge in [0.1, 0.15) is 11.6 Å². The van der Waals surface area contributed by atoms with Crippen molar-refractivity contribution in [1.29, 1.82) is 0 Å². The van der Waals surface area contributed by atoms with Gasteiger partial charge < -0.3 is 9.64 Å². The number of hydrogen-bond acceptors (Lipinski definition) is 4. The van der Waals surface area contributed by atoms with Crippen molar-refractivity contribution in [2.75, 3.05) is 21.2 Å². The van der Waals surface area contributed by atoms with Crippen LogP contribution < -0.4 is 4.74 Å². The molecular weight excluding hydrogens is 379 g/mol. The van der Waals surface area contributed by atoms with E-state index in [2.05, 4.69) is 4.90 Å². The molecule has 1 unspecified atom stereocenters. The number of ether oxygens (including phenoxy) is 1. The summed E-state index contributed by atoms with van der Waals surface area (Å²) in [6.07, 6.45) is 2.32. The first kappa shape index (κ1) is 19.0. The van der Waals surface area contributed by atoms with Crippen LogP contribution in [0, 0.1) is 5.82 Å². The van der Waals surface area contributed by atoms with E-state index in [1.807, 2.05) is 20.2 Å². The molecular formula is C21H23FN2O3S. The number of likely N-dealkylation sites (N-methyl/N-ethyl adjacent to an activating group) is 1. The van der Waals surface area contributed by atoms with Crippen molar-refractivity contribution in [2.24, 2.45) is 0 Å². The quantitative estimate of drug-likeness (QED) is 0.671. The highest BCUT2D eigenvalue weighted by Gasteiger charge is 2.31. The second-order valence-corrected chi connectivity index (χ2v) is 9.18. The minimum atomic E-state index is -3.84. The van der Waals surface area contributed by atoms with Crippen LogP contribution in [0.25, 0.3) is 10.9 Å². The first-order chi connectivity index (χ1) is 13.3. The van der Waals surface area contributed by atoms with Crippen LogP contribution in [0.1, 0.15) is 17.7 Å². The predicted molar refractivity (Wildman–Crippen MR) is 107 cm³/mol. The molecule has 0 amide bonds. The summed E-state index contributed by atoms with van der Waals surface area (Å²) in [7, 11) is 1.85. The Labute approximate surface area is 164 Å². The summed E-state index contributed by atoms with van der Waals surface area (Å²) in [5.74, 6) is 0.232. The number of hydrogen-bond donors (Lipinski definition) is 0. The average Bonchev–Trinajstić information content (AvgIpc) is 3.01. The van der Waals surface area contributed by atoms with Gasteiger partial charge in [0.15, 0.2) is 0 Å². The molecule has 148 valence electrons. The summed E-state index contributed by atoms with van der Waals surface area (Å²) < 4.78 is 47.1. The van der Waals surface area contributed by atoms with Gasteiger partial charge in [-0.2, -0.15) is 0 Å².